The Labute approximate surface area is 190 Å². The number of ether oxygens (including phenoxy) is 1. The van der Waals surface area contributed by atoms with E-state index in [4.69, 9.17) is 15.0 Å². The van der Waals surface area contributed by atoms with Gasteiger partial charge in [-0.05, 0) is 0 Å². The Balaban J connectivity index is 1.59. The van der Waals surface area contributed by atoms with Gasteiger partial charge in [0.05, 0.1) is 13.7 Å². The summed E-state index contributed by atoms with van der Waals surface area (Å²) in [4.78, 5) is 46.1. The number of carbonyl (C=O) groups excluding carboxylic acids is 3. The van der Waals surface area contributed by atoms with Crippen molar-refractivity contribution in [3.63, 3.8) is 0 Å². The Morgan fingerprint density at radius 3 is 2.70 bits per heavy atom. The van der Waals surface area contributed by atoms with Crippen LogP contribution in [0.2, 0.25) is 0 Å². The average molecular weight is 502 g/mol. The third kappa shape index (κ3) is 5.12. The van der Waals surface area contributed by atoms with Crippen LogP contribution in [0.3, 0.4) is 0 Å². The number of carbonyl (C=O) groups is 3. The predicted molar refractivity (Wildman–Crippen MR) is 113 cm³/mol. The molecule has 16 nitrogen and oxygen atoms in total. The molecular weight excluding hydrogens is 484 g/mol. The number of imide groups is 1. The molecule has 0 saturated carbocycles. The molecule has 3 rings (SSSR count). The number of nitrogens with zero attached hydrogens (tertiary/aromatic N) is 4. The summed E-state index contributed by atoms with van der Waals surface area (Å²) in [5, 5.41) is 11.1. The molecule has 33 heavy (non-hydrogen) atoms. The minimum atomic E-state index is -4.48. The molecule has 0 radical (unpaired) electrons. The SMILES string of the molecule is CON=C(C(=O)N[C@H]1CN(C(=O)NS(=O)(=O)Nc2noc(C)c2OC)C1=O)c1csc(N)n1. The van der Waals surface area contributed by atoms with E-state index in [0.717, 1.165) is 11.3 Å². The standard InChI is InChI=1S/C15H18N8O8S2/c1-6-10(29-2)11(20-31-6)21-33(27,28)22-15(26)23-4-7(13(23)25)17-12(24)9(19-30-3)8-5-32-14(16)18-8/h5,7H,4H2,1-3H3,(H2,16,18)(H,17,24)(H,20,21)(H,22,26)/t7-/m0/s1. The lowest BCUT2D eigenvalue weighted by atomic mass is 10.1. The number of hydrogen-bond acceptors (Lipinski definition) is 13. The highest BCUT2D eigenvalue weighted by Gasteiger charge is 2.43. The van der Waals surface area contributed by atoms with Crippen molar-refractivity contribution in [1.82, 2.24) is 25.1 Å². The van der Waals surface area contributed by atoms with E-state index >= 15 is 0 Å². The molecule has 1 aliphatic heterocycles. The molecule has 3 heterocycles. The minimum Gasteiger partial charge on any atom is -0.490 e. The summed E-state index contributed by atoms with van der Waals surface area (Å²) < 4.78 is 37.7. The first-order valence-electron chi connectivity index (χ1n) is 8.85. The number of urea groups is 1. The number of rotatable bonds is 8. The van der Waals surface area contributed by atoms with E-state index in [0.29, 0.717) is 4.90 Å². The normalized spacial score (nSPS) is 16.1. The Kier molecular flexibility index (Phi) is 6.68. The average Bonchev–Trinajstić information content (AvgIpc) is 3.32. The molecule has 2 aromatic heterocycles. The second-order valence-electron chi connectivity index (χ2n) is 6.30. The molecule has 0 bridgehead atoms. The van der Waals surface area contributed by atoms with Crippen molar-refractivity contribution in [1.29, 1.82) is 0 Å². The zero-order chi connectivity index (χ0) is 24.3. The summed E-state index contributed by atoms with van der Waals surface area (Å²) in [6.07, 6.45) is 0. The lowest BCUT2D eigenvalue weighted by Crippen LogP contribution is -2.68. The van der Waals surface area contributed by atoms with Gasteiger partial charge in [-0.1, -0.05) is 10.3 Å². The fraction of sp³-hybridized carbons (Fsp3) is 0.333. The molecule has 1 saturated heterocycles. The van der Waals surface area contributed by atoms with Crippen LogP contribution in [0.25, 0.3) is 0 Å². The van der Waals surface area contributed by atoms with Gasteiger partial charge in [-0.25, -0.2) is 19.2 Å². The Hall–Kier alpha value is -3.93. The number of aryl methyl sites for hydroxylation is 1. The summed E-state index contributed by atoms with van der Waals surface area (Å²) >= 11 is 1.07. The minimum absolute atomic E-state index is 0.0195. The number of nitrogens with two attached hydrogens (primary N) is 1. The number of hydrogen-bond donors (Lipinski definition) is 4. The Morgan fingerprint density at radius 1 is 1.39 bits per heavy atom. The molecule has 1 atom stereocenters. The lowest BCUT2D eigenvalue weighted by Gasteiger charge is -2.36. The first-order chi connectivity index (χ1) is 15.6. The van der Waals surface area contributed by atoms with Crippen molar-refractivity contribution in [3.05, 3.63) is 16.8 Å². The molecule has 1 aliphatic rings. The van der Waals surface area contributed by atoms with E-state index in [2.05, 4.69) is 25.5 Å². The molecule has 18 heteroatoms. The van der Waals surface area contributed by atoms with E-state index in [1.165, 1.54) is 26.5 Å². The van der Waals surface area contributed by atoms with Crippen LogP contribution in [0.1, 0.15) is 11.5 Å². The molecule has 2 aromatic rings. The maximum atomic E-state index is 12.5. The number of nitrogens with one attached hydrogen (secondary N) is 3. The smallest absolute Gasteiger partial charge is 0.339 e. The van der Waals surface area contributed by atoms with Crippen LogP contribution in [0.15, 0.2) is 15.1 Å². The molecule has 4 amide bonds. The van der Waals surface area contributed by atoms with Crippen molar-refractivity contribution in [2.75, 3.05) is 31.2 Å². The van der Waals surface area contributed by atoms with Crippen LogP contribution >= 0.6 is 11.3 Å². The fourth-order valence-corrected chi connectivity index (χ4v) is 3.95. The molecule has 0 aliphatic carbocycles. The first-order valence-corrected chi connectivity index (χ1v) is 11.2. The van der Waals surface area contributed by atoms with Crippen LogP contribution in [0.4, 0.5) is 15.7 Å². The summed E-state index contributed by atoms with van der Waals surface area (Å²) in [5.41, 5.74) is 5.45. The summed E-state index contributed by atoms with van der Waals surface area (Å²) in [6.45, 7) is 1.19. The monoisotopic (exact) mass is 502 g/mol. The molecule has 0 spiro atoms. The number of amides is 4. The molecule has 178 valence electrons. The van der Waals surface area contributed by atoms with Crippen LogP contribution in [-0.2, 0) is 24.6 Å². The second-order valence-corrected chi connectivity index (χ2v) is 8.61. The Bertz CT molecular complexity index is 1220. The van der Waals surface area contributed by atoms with E-state index in [1.807, 2.05) is 4.72 Å². The fourth-order valence-electron chi connectivity index (χ4n) is 2.63. The van der Waals surface area contributed by atoms with Gasteiger partial charge in [0.2, 0.25) is 11.6 Å². The van der Waals surface area contributed by atoms with Gasteiger partial charge in [-0.3, -0.25) is 14.5 Å². The molecule has 5 N–H and O–H groups in total. The van der Waals surface area contributed by atoms with Crippen LogP contribution in [0.5, 0.6) is 5.75 Å². The number of methoxy groups -OCH3 is 1. The quantitative estimate of drug-likeness (QED) is 0.190. The molecule has 0 unspecified atom stereocenters. The van der Waals surface area contributed by atoms with Gasteiger partial charge in [0.15, 0.2) is 16.6 Å². The maximum Gasteiger partial charge on any atom is 0.339 e. The third-order valence-corrected chi connectivity index (χ3v) is 5.69. The van der Waals surface area contributed by atoms with Crippen LogP contribution < -0.4 is 25.2 Å². The van der Waals surface area contributed by atoms with E-state index in [1.54, 1.807) is 4.72 Å². The topological polar surface area (TPSA) is 220 Å². The number of nitrogen functional groups attached to an aromatic ring is 1. The summed E-state index contributed by atoms with van der Waals surface area (Å²) in [7, 11) is -1.99. The number of β-lactam (4-membered cyclic amide) rings is 1. The molecular formula is C15H18N8O8S2. The maximum absolute atomic E-state index is 12.5. The largest absolute Gasteiger partial charge is 0.490 e. The highest BCUT2D eigenvalue weighted by Crippen LogP contribution is 2.27. The van der Waals surface area contributed by atoms with Crippen LogP contribution in [0, 0.1) is 6.92 Å². The predicted octanol–water partition coefficient (Wildman–Crippen LogP) is -1.23. The number of aromatic nitrogens is 2. The summed E-state index contributed by atoms with van der Waals surface area (Å²) in [6, 6.07) is -2.34. The van der Waals surface area contributed by atoms with Gasteiger partial charge >= 0.3 is 16.2 Å². The van der Waals surface area contributed by atoms with Gasteiger partial charge in [0.1, 0.15) is 18.8 Å². The van der Waals surface area contributed by atoms with Crippen LogP contribution in [-0.4, -0.2) is 73.8 Å². The van der Waals surface area contributed by atoms with Gasteiger partial charge in [-0.2, -0.15) is 8.42 Å². The number of thiazole rings is 1. The van der Waals surface area contributed by atoms with Gasteiger partial charge in [-0.15, -0.1) is 11.3 Å². The second kappa shape index (κ2) is 9.28. The molecule has 0 aromatic carbocycles. The first kappa shape index (κ1) is 23.7. The van der Waals surface area contributed by atoms with E-state index in [-0.39, 0.29) is 40.4 Å². The summed E-state index contributed by atoms with van der Waals surface area (Å²) in [5.74, 6) is -1.72. The zero-order valence-electron chi connectivity index (χ0n) is 17.3. The van der Waals surface area contributed by atoms with Crippen molar-refractivity contribution in [3.8, 4) is 5.75 Å². The van der Waals surface area contributed by atoms with Gasteiger partial charge in [0.25, 0.3) is 11.8 Å². The third-order valence-electron chi connectivity index (χ3n) is 4.11. The van der Waals surface area contributed by atoms with Crippen molar-refractivity contribution >= 4 is 56.1 Å². The highest BCUT2D eigenvalue weighted by molar-refractivity contribution is 7.91. The van der Waals surface area contributed by atoms with Crippen molar-refractivity contribution in [2.45, 2.75) is 13.0 Å². The van der Waals surface area contributed by atoms with Gasteiger partial charge < -0.3 is 25.1 Å². The van der Waals surface area contributed by atoms with E-state index < -0.39 is 34.1 Å². The Morgan fingerprint density at radius 2 is 2.12 bits per heavy atom. The number of anilines is 2. The number of likely N-dealkylation sites (tertiary alicyclic amines) is 1. The lowest BCUT2D eigenvalue weighted by molar-refractivity contribution is -0.141. The zero-order valence-corrected chi connectivity index (χ0v) is 18.9. The van der Waals surface area contributed by atoms with Gasteiger partial charge in [0, 0.05) is 12.3 Å². The van der Waals surface area contributed by atoms with Crippen molar-refractivity contribution < 1.29 is 36.9 Å². The molecule has 1 fully saturated rings. The highest BCUT2D eigenvalue weighted by atomic mass is 32.2. The van der Waals surface area contributed by atoms with Crippen molar-refractivity contribution in [2.24, 2.45) is 5.16 Å². The van der Waals surface area contributed by atoms with E-state index in [9.17, 15) is 22.8 Å². The number of oxime groups is 1.